The van der Waals surface area contributed by atoms with E-state index in [4.69, 9.17) is 4.74 Å². The topological polar surface area (TPSA) is 38.3 Å². The van der Waals surface area contributed by atoms with Crippen LogP contribution in [0.2, 0.25) is 0 Å². The van der Waals surface area contributed by atoms with E-state index in [0.717, 1.165) is 11.6 Å². The number of hydrogen-bond acceptors (Lipinski definition) is 2. The number of hydrogen-bond donors (Lipinski definition) is 1. The summed E-state index contributed by atoms with van der Waals surface area (Å²) in [4.78, 5) is 12.0. The van der Waals surface area contributed by atoms with Crippen molar-refractivity contribution in [2.24, 2.45) is 0 Å². The van der Waals surface area contributed by atoms with Crippen molar-refractivity contribution in [1.82, 2.24) is 0 Å². The summed E-state index contributed by atoms with van der Waals surface area (Å²) in [6.45, 7) is 3.42. The molecule has 0 bridgehead atoms. The first-order valence-corrected chi connectivity index (χ1v) is 6.45. The molecule has 2 rings (SSSR count). The van der Waals surface area contributed by atoms with E-state index in [2.05, 4.69) is 5.32 Å². The smallest absolute Gasteiger partial charge is 0.265 e. The highest BCUT2D eigenvalue weighted by molar-refractivity contribution is 5.94. The number of nitrogens with one attached hydrogen (secondary N) is 1. The van der Waals surface area contributed by atoms with Gasteiger partial charge in [-0.25, -0.2) is 8.78 Å². The summed E-state index contributed by atoms with van der Waals surface area (Å²) >= 11 is 0. The average molecular weight is 291 g/mol. The van der Waals surface area contributed by atoms with E-state index in [9.17, 15) is 13.6 Å². The van der Waals surface area contributed by atoms with Gasteiger partial charge in [-0.2, -0.15) is 0 Å². The monoisotopic (exact) mass is 291 g/mol. The molecule has 0 saturated heterocycles. The molecule has 0 aromatic heterocycles. The number of aryl methyl sites for hydroxylation is 1. The highest BCUT2D eigenvalue weighted by Crippen LogP contribution is 2.19. The molecule has 0 aliphatic rings. The number of benzene rings is 2. The second-order valence-corrected chi connectivity index (χ2v) is 4.64. The lowest BCUT2D eigenvalue weighted by Crippen LogP contribution is -2.30. The number of anilines is 1. The van der Waals surface area contributed by atoms with Crippen molar-refractivity contribution in [2.45, 2.75) is 20.0 Å². The zero-order valence-corrected chi connectivity index (χ0v) is 11.7. The lowest BCUT2D eigenvalue weighted by Gasteiger charge is -2.16. The molecule has 0 heterocycles. The number of rotatable bonds is 4. The highest BCUT2D eigenvalue weighted by atomic mass is 19.1. The average Bonchev–Trinajstić information content (AvgIpc) is 2.44. The molecule has 1 amide bonds. The standard InChI is InChI=1S/C16H15F2NO2/c1-10-5-3-4-6-15(10)21-11(2)16(20)19-14-8-7-12(17)9-13(14)18/h3-9,11H,1-2H3,(H,19,20)/t11-/m1/s1. The Morgan fingerprint density at radius 3 is 2.57 bits per heavy atom. The summed E-state index contributed by atoms with van der Waals surface area (Å²) in [5, 5.41) is 2.37. The van der Waals surface area contributed by atoms with Crippen LogP contribution in [0.4, 0.5) is 14.5 Å². The first kappa shape index (κ1) is 15.0. The van der Waals surface area contributed by atoms with Crippen LogP contribution in [-0.4, -0.2) is 12.0 Å². The summed E-state index contributed by atoms with van der Waals surface area (Å²) in [5.41, 5.74) is 0.812. The fourth-order valence-corrected chi connectivity index (χ4v) is 1.76. The van der Waals surface area contributed by atoms with Crippen LogP contribution < -0.4 is 10.1 Å². The van der Waals surface area contributed by atoms with Gasteiger partial charge in [-0.3, -0.25) is 4.79 Å². The second kappa shape index (κ2) is 6.35. The van der Waals surface area contributed by atoms with Crippen LogP contribution in [0, 0.1) is 18.6 Å². The van der Waals surface area contributed by atoms with Crippen molar-refractivity contribution in [2.75, 3.05) is 5.32 Å². The summed E-state index contributed by atoms with van der Waals surface area (Å²) in [6, 6.07) is 10.2. The minimum atomic E-state index is -0.827. The normalized spacial score (nSPS) is 11.8. The largest absolute Gasteiger partial charge is 0.481 e. The van der Waals surface area contributed by atoms with Crippen LogP contribution in [0.15, 0.2) is 42.5 Å². The van der Waals surface area contributed by atoms with Crippen molar-refractivity contribution in [3.05, 3.63) is 59.7 Å². The van der Waals surface area contributed by atoms with E-state index in [-0.39, 0.29) is 5.69 Å². The van der Waals surface area contributed by atoms with E-state index >= 15 is 0 Å². The molecule has 0 spiro atoms. The van der Waals surface area contributed by atoms with Gasteiger partial charge >= 0.3 is 0 Å². The van der Waals surface area contributed by atoms with Gasteiger partial charge in [0.25, 0.3) is 5.91 Å². The van der Waals surface area contributed by atoms with Crippen molar-refractivity contribution < 1.29 is 18.3 Å². The van der Waals surface area contributed by atoms with Gasteiger partial charge in [-0.1, -0.05) is 18.2 Å². The third kappa shape index (κ3) is 3.78. The number of carbonyl (C=O) groups is 1. The Morgan fingerprint density at radius 1 is 1.19 bits per heavy atom. The third-order valence-corrected chi connectivity index (χ3v) is 2.96. The van der Waals surface area contributed by atoms with Gasteiger partial charge in [0.15, 0.2) is 6.10 Å². The SMILES string of the molecule is Cc1ccccc1O[C@H](C)C(=O)Nc1ccc(F)cc1F. The van der Waals surface area contributed by atoms with Crippen LogP contribution in [-0.2, 0) is 4.79 Å². The Morgan fingerprint density at radius 2 is 1.90 bits per heavy atom. The molecule has 0 fully saturated rings. The minimum Gasteiger partial charge on any atom is -0.481 e. The van der Waals surface area contributed by atoms with Gasteiger partial charge in [-0.15, -0.1) is 0 Å². The summed E-state index contributed by atoms with van der Waals surface area (Å²) in [5.74, 6) is -1.45. The first-order valence-electron chi connectivity index (χ1n) is 6.45. The molecule has 2 aromatic rings. The zero-order valence-electron chi connectivity index (χ0n) is 11.7. The van der Waals surface area contributed by atoms with Gasteiger partial charge in [0.1, 0.15) is 17.4 Å². The minimum absolute atomic E-state index is 0.0818. The van der Waals surface area contributed by atoms with E-state index in [0.29, 0.717) is 11.8 Å². The van der Waals surface area contributed by atoms with E-state index in [1.807, 2.05) is 19.1 Å². The molecule has 0 aliphatic heterocycles. The maximum absolute atomic E-state index is 13.5. The van der Waals surface area contributed by atoms with E-state index in [1.54, 1.807) is 19.1 Å². The molecule has 5 heteroatoms. The van der Waals surface area contributed by atoms with Crippen LogP contribution in [0.3, 0.4) is 0 Å². The molecule has 1 atom stereocenters. The molecule has 1 N–H and O–H groups in total. The quantitative estimate of drug-likeness (QED) is 0.933. The molecule has 2 aromatic carbocycles. The van der Waals surface area contributed by atoms with Gasteiger partial charge in [0.05, 0.1) is 5.69 Å². The Bertz CT molecular complexity index is 658. The maximum Gasteiger partial charge on any atom is 0.265 e. The van der Waals surface area contributed by atoms with Crippen molar-refractivity contribution in [3.63, 3.8) is 0 Å². The predicted octanol–water partition coefficient (Wildman–Crippen LogP) is 3.68. The molecule has 3 nitrogen and oxygen atoms in total. The van der Waals surface area contributed by atoms with Gasteiger partial charge in [0.2, 0.25) is 0 Å². The number of ether oxygens (including phenoxy) is 1. The molecular weight excluding hydrogens is 276 g/mol. The van der Waals surface area contributed by atoms with Gasteiger partial charge in [-0.05, 0) is 37.6 Å². The summed E-state index contributed by atoms with van der Waals surface area (Å²) < 4.78 is 31.8. The molecule has 0 saturated carbocycles. The Hall–Kier alpha value is -2.43. The fourth-order valence-electron chi connectivity index (χ4n) is 1.76. The number of halogens is 2. The summed E-state index contributed by atoms with van der Waals surface area (Å²) in [7, 11) is 0. The molecular formula is C16H15F2NO2. The number of carbonyl (C=O) groups excluding carboxylic acids is 1. The van der Waals surface area contributed by atoms with E-state index < -0.39 is 23.6 Å². The van der Waals surface area contributed by atoms with Gasteiger partial charge in [0, 0.05) is 6.07 Å². The zero-order chi connectivity index (χ0) is 15.4. The van der Waals surface area contributed by atoms with Crippen LogP contribution in [0.5, 0.6) is 5.75 Å². The molecule has 0 radical (unpaired) electrons. The van der Waals surface area contributed by atoms with Crippen LogP contribution in [0.25, 0.3) is 0 Å². The van der Waals surface area contributed by atoms with Crippen LogP contribution in [0.1, 0.15) is 12.5 Å². The fraction of sp³-hybridized carbons (Fsp3) is 0.188. The molecule has 0 unspecified atom stereocenters. The Labute approximate surface area is 121 Å². The maximum atomic E-state index is 13.5. The van der Waals surface area contributed by atoms with Crippen molar-refractivity contribution in [3.8, 4) is 5.75 Å². The Kier molecular flexibility index (Phi) is 4.52. The number of amides is 1. The lowest BCUT2D eigenvalue weighted by atomic mass is 10.2. The highest BCUT2D eigenvalue weighted by Gasteiger charge is 2.17. The molecule has 110 valence electrons. The third-order valence-electron chi connectivity index (χ3n) is 2.96. The van der Waals surface area contributed by atoms with Crippen molar-refractivity contribution >= 4 is 11.6 Å². The Balaban J connectivity index is 2.04. The van der Waals surface area contributed by atoms with E-state index in [1.165, 1.54) is 6.07 Å². The predicted molar refractivity (Wildman–Crippen MR) is 76.3 cm³/mol. The first-order chi connectivity index (χ1) is 9.97. The van der Waals surface area contributed by atoms with Crippen LogP contribution >= 0.6 is 0 Å². The second-order valence-electron chi connectivity index (χ2n) is 4.64. The lowest BCUT2D eigenvalue weighted by molar-refractivity contribution is -0.122. The van der Waals surface area contributed by atoms with Gasteiger partial charge < -0.3 is 10.1 Å². The van der Waals surface area contributed by atoms with Crippen molar-refractivity contribution in [1.29, 1.82) is 0 Å². The number of para-hydroxylation sites is 1. The molecule has 21 heavy (non-hydrogen) atoms. The summed E-state index contributed by atoms with van der Waals surface area (Å²) in [6.07, 6.45) is -0.810. The molecule has 0 aliphatic carbocycles.